The van der Waals surface area contributed by atoms with Crippen LogP contribution in [0.25, 0.3) is 0 Å². The Morgan fingerprint density at radius 1 is 1.21 bits per heavy atom. The van der Waals surface area contributed by atoms with Crippen LogP contribution in [0.4, 0.5) is 0 Å². The molecule has 2 saturated heterocycles. The molecule has 24 heavy (non-hydrogen) atoms. The molecule has 2 atom stereocenters. The molecule has 0 aromatic carbocycles. The van der Waals surface area contributed by atoms with Crippen LogP contribution in [0.15, 0.2) is 4.99 Å². The molecule has 2 unspecified atom stereocenters. The van der Waals surface area contributed by atoms with E-state index < -0.39 is 0 Å². The third-order valence-corrected chi connectivity index (χ3v) is 5.72. The van der Waals surface area contributed by atoms with Gasteiger partial charge in [0.15, 0.2) is 5.96 Å². The average Bonchev–Trinajstić information content (AvgIpc) is 2.94. The summed E-state index contributed by atoms with van der Waals surface area (Å²) in [6.45, 7) is 16.3. The van der Waals surface area contributed by atoms with Crippen LogP contribution >= 0.6 is 0 Å². The molecule has 0 amide bonds. The Bertz CT molecular complexity index is 387. The van der Waals surface area contributed by atoms with Crippen molar-refractivity contribution >= 4 is 5.96 Å². The van der Waals surface area contributed by atoms with Gasteiger partial charge in [0.2, 0.25) is 0 Å². The molecule has 2 aliphatic heterocycles. The number of aliphatic imine (C=N–C) groups is 1. The first-order chi connectivity index (χ1) is 11.5. The molecule has 0 aromatic heterocycles. The third-order valence-electron chi connectivity index (χ3n) is 5.72. The maximum absolute atomic E-state index is 4.45. The molecular formula is C19H39N5. The predicted molar refractivity (Wildman–Crippen MR) is 104 cm³/mol. The molecule has 0 aromatic rings. The summed E-state index contributed by atoms with van der Waals surface area (Å²) in [5.74, 6) is 2.43. The molecule has 0 spiro atoms. The molecule has 140 valence electrons. The first-order valence-corrected chi connectivity index (χ1v) is 9.97. The zero-order valence-corrected chi connectivity index (χ0v) is 16.5. The first kappa shape index (κ1) is 19.5. The van der Waals surface area contributed by atoms with E-state index in [0.717, 1.165) is 25.0 Å². The summed E-state index contributed by atoms with van der Waals surface area (Å²) in [6.07, 6.45) is 3.89. The Hall–Kier alpha value is -0.810. The van der Waals surface area contributed by atoms with Gasteiger partial charge in [0, 0.05) is 38.8 Å². The summed E-state index contributed by atoms with van der Waals surface area (Å²) in [4.78, 5) is 9.61. The van der Waals surface area contributed by atoms with Crippen LogP contribution in [0.1, 0.15) is 47.0 Å². The van der Waals surface area contributed by atoms with Crippen LogP contribution in [0.5, 0.6) is 0 Å². The number of piperidine rings is 1. The van der Waals surface area contributed by atoms with Crippen molar-refractivity contribution in [1.82, 2.24) is 20.4 Å². The van der Waals surface area contributed by atoms with E-state index in [2.05, 4.69) is 53.1 Å². The Labute approximate surface area is 149 Å². The van der Waals surface area contributed by atoms with Crippen LogP contribution in [0.3, 0.4) is 0 Å². The van der Waals surface area contributed by atoms with E-state index in [1.165, 1.54) is 45.4 Å². The van der Waals surface area contributed by atoms with Gasteiger partial charge in [-0.3, -0.25) is 9.89 Å². The Morgan fingerprint density at radius 2 is 1.92 bits per heavy atom. The predicted octanol–water partition coefficient (Wildman–Crippen LogP) is 2.00. The van der Waals surface area contributed by atoms with Crippen LogP contribution < -0.4 is 10.6 Å². The van der Waals surface area contributed by atoms with Gasteiger partial charge in [0.25, 0.3) is 0 Å². The minimum absolute atomic E-state index is 0.505. The van der Waals surface area contributed by atoms with Crippen LogP contribution in [-0.2, 0) is 0 Å². The number of hydrogen-bond donors (Lipinski definition) is 2. The molecule has 5 heteroatoms. The molecule has 0 saturated carbocycles. The quantitative estimate of drug-likeness (QED) is 0.575. The number of guanidine groups is 1. The van der Waals surface area contributed by atoms with Crippen molar-refractivity contribution in [2.45, 2.75) is 59.0 Å². The Kier molecular flexibility index (Phi) is 7.82. The van der Waals surface area contributed by atoms with E-state index in [1.54, 1.807) is 0 Å². The Morgan fingerprint density at radius 3 is 2.46 bits per heavy atom. The zero-order valence-electron chi connectivity index (χ0n) is 16.5. The fourth-order valence-electron chi connectivity index (χ4n) is 3.96. The van der Waals surface area contributed by atoms with Gasteiger partial charge in [-0.05, 0) is 64.6 Å². The highest BCUT2D eigenvalue weighted by atomic mass is 15.3. The molecule has 0 aliphatic carbocycles. The summed E-state index contributed by atoms with van der Waals surface area (Å²) in [5.41, 5.74) is 0. The summed E-state index contributed by atoms with van der Waals surface area (Å²) in [6, 6.07) is 1.13. The van der Waals surface area contributed by atoms with Crippen molar-refractivity contribution in [3.63, 3.8) is 0 Å². The first-order valence-electron chi connectivity index (χ1n) is 9.97. The molecule has 2 rings (SSSR count). The van der Waals surface area contributed by atoms with Crippen molar-refractivity contribution in [1.29, 1.82) is 0 Å². The molecule has 2 fully saturated rings. The van der Waals surface area contributed by atoms with E-state index >= 15 is 0 Å². The van der Waals surface area contributed by atoms with Gasteiger partial charge in [-0.1, -0.05) is 13.8 Å². The van der Waals surface area contributed by atoms with Crippen molar-refractivity contribution < 1.29 is 0 Å². The number of nitrogens with one attached hydrogen (secondary N) is 2. The summed E-state index contributed by atoms with van der Waals surface area (Å²) < 4.78 is 0. The molecular weight excluding hydrogens is 298 g/mol. The van der Waals surface area contributed by atoms with Gasteiger partial charge in [-0.15, -0.1) is 0 Å². The number of nitrogens with zero attached hydrogens (tertiary/aromatic N) is 3. The highest BCUT2D eigenvalue weighted by molar-refractivity contribution is 5.80. The lowest BCUT2D eigenvalue weighted by Gasteiger charge is -2.32. The third kappa shape index (κ3) is 5.62. The van der Waals surface area contributed by atoms with Gasteiger partial charge in [-0.2, -0.15) is 0 Å². The standard InChI is InChI=1S/C19H39N5/c1-6-9-23-10-7-17(8-11-23)12-21-19(20-5)22-18-14-24(15(2)3)13-16(18)4/h15-18H,6-14H2,1-5H3,(H2,20,21,22). The molecule has 2 heterocycles. The summed E-state index contributed by atoms with van der Waals surface area (Å²) in [5, 5.41) is 7.24. The number of hydrogen-bond acceptors (Lipinski definition) is 3. The van der Waals surface area contributed by atoms with E-state index in [4.69, 9.17) is 0 Å². The lowest BCUT2D eigenvalue weighted by molar-refractivity contribution is 0.185. The largest absolute Gasteiger partial charge is 0.356 e. The van der Waals surface area contributed by atoms with Gasteiger partial charge >= 0.3 is 0 Å². The van der Waals surface area contributed by atoms with Crippen LogP contribution in [-0.4, -0.2) is 74.2 Å². The number of rotatable bonds is 6. The highest BCUT2D eigenvalue weighted by Gasteiger charge is 2.31. The van der Waals surface area contributed by atoms with Gasteiger partial charge in [-0.25, -0.2) is 0 Å². The van der Waals surface area contributed by atoms with E-state index in [0.29, 0.717) is 18.0 Å². The van der Waals surface area contributed by atoms with E-state index in [9.17, 15) is 0 Å². The van der Waals surface area contributed by atoms with E-state index in [-0.39, 0.29) is 0 Å². The zero-order chi connectivity index (χ0) is 17.5. The normalized spacial score (nSPS) is 27.8. The van der Waals surface area contributed by atoms with Crippen molar-refractivity contribution in [3.8, 4) is 0 Å². The second-order valence-corrected chi connectivity index (χ2v) is 8.01. The van der Waals surface area contributed by atoms with Crippen molar-refractivity contribution in [2.75, 3.05) is 46.3 Å². The lowest BCUT2D eigenvalue weighted by atomic mass is 9.97. The average molecular weight is 338 g/mol. The van der Waals surface area contributed by atoms with Crippen molar-refractivity contribution in [2.24, 2.45) is 16.8 Å². The van der Waals surface area contributed by atoms with Gasteiger partial charge < -0.3 is 15.5 Å². The maximum atomic E-state index is 4.45. The van der Waals surface area contributed by atoms with E-state index in [1.807, 2.05) is 7.05 Å². The van der Waals surface area contributed by atoms with Crippen LogP contribution in [0, 0.1) is 11.8 Å². The van der Waals surface area contributed by atoms with Crippen molar-refractivity contribution in [3.05, 3.63) is 0 Å². The second kappa shape index (κ2) is 9.62. The maximum Gasteiger partial charge on any atom is 0.191 e. The fourth-order valence-corrected chi connectivity index (χ4v) is 3.96. The van der Waals surface area contributed by atoms with Gasteiger partial charge in [0.05, 0.1) is 0 Å². The molecule has 2 aliphatic rings. The SMILES string of the molecule is CCCN1CCC(CNC(=NC)NC2CN(C(C)C)CC2C)CC1. The van der Waals surface area contributed by atoms with Gasteiger partial charge in [0.1, 0.15) is 0 Å². The Balaban J connectivity index is 1.72. The molecule has 0 bridgehead atoms. The molecule has 0 radical (unpaired) electrons. The smallest absolute Gasteiger partial charge is 0.191 e. The topological polar surface area (TPSA) is 42.9 Å². The van der Waals surface area contributed by atoms with Crippen LogP contribution in [0.2, 0.25) is 0 Å². The lowest BCUT2D eigenvalue weighted by Crippen LogP contribution is -2.48. The molecule has 5 nitrogen and oxygen atoms in total. The summed E-state index contributed by atoms with van der Waals surface area (Å²) >= 11 is 0. The monoisotopic (exact) mass is 337 g/mol. The second-order valence-electron chi connectivity index (χ2n) is 8.01. The highest BCUT2D eigenvalue weighted by Crippen LogP contribution is 2.19. The summed E-state index contributed by atoms with van der Waals surface area (Å²) in [7, 11) is 1.89. The molecule has 2 N–H and O–H groups in total. The fraction of sp³-hybridized carbons (Fsp3) is 0.947. The number of likely N-dealkylation sites (tertiary alicyclic amines) is 2. The minimum atomic E-state index is 0.505. The minimum Gasteiger partial charge on any atom is -0.356 e.